The molecule has 0 radical (unpaired) electrons. The molecule has 0 saturated heterocycles. The average molecular weight is 439 g/mol. The lowest BCUT2D eigenvalue weighted by Gasteiger charge is -2.12. The Labute approximate surface area is 183 Å². The van der Waals surface area contributed by atoms with Gasteiger partial charge in [0.1, 0.15) is 5.75 Å². The Hall–Kier alpha value is -3.03. The number of carbonyl (C=O) groups excluding carboxylic acids is 1. The number of nitrogens with zero attached hydrogens (tertiary/aromatic N) is 4. The molecule has 2 aromatic carbocycles. The topological polar surface area (TPSA) is 61.9 Å². The Kier molecular flexibility index (Phi) is 5.92. The summed E-state index contributed by atoms with van der Waals surface area (Å²) in [5, 5.41) is 9.85. The number of methoxy groups -OCH3 is 1. The molecule has 6 nitrogen and oxygen atoms in total. The van der Waals surface area contributed by atoms with Crippen molar-refractivity contribution < 1.29 is 9.53 Å². The summed E-state index contributed by atoms with van der Waals surface area (Å²) in [5.74, 6) is 1.53. The van der Waals surface area contributed by atoms with E-state index in [1.54, 1.807) is 19.2 Å². The SMILES string of the molecule is COc1ccc(-n2c(SCC(=O)c3cccn3C)nnc2-c2ccccc2)cc1Cl. The van der Waals surface area contributed by atoms with Crippen LogP contribution in [0.4, 0.5) is 0 Å². The number of hydrogen-bond donors (Lipinski definition) is 0. The first-order chi connectivity index (χ1) is 14.6. The molecule has 0 aliphatic heterocycles. The van der Waals surface area contributed by atoms with Crippen LogP contribution in [0.15, 0.2) is 72.0 Å². The van der Waals surface area contributed by atoms with E-state index in [-0.39, 0.29) is 11.5 Å². The number of aryl methyl sites for hydroxylation is 1. The smallest absolute Gasteiger partial charge is 0.196 e. The van der Waals surface area contributed by atoms with Crippen molar-refractivity contribution in [2.24, 2.45) is 7.05 Å². The van der Waals surface area contributed by atoms with Crippen LogP contribution in [0, 0.1) is 0 Å². The van der Waals surface area contributed by atoms with Crippen LogP contribution in [-0.2, 0) is 7.05 Å². The molecule has 8 heteroatoms. The highest BCUT2D eigenvalue weighted by molar-refractivity contribution is 7.99. The maximum Gasteiger partial charge on any atom is 0.196 e. The Morgan fingerprint density at radius 1 is 1.10 bits per heavy atom. The molecule has 2 aromatic heterocycles. The second-order valence-corrected chi connectivity index (χ2v) is 7.89. The van der Waals surface area contributed by atoms with Crippen LogP contribution in [0.3, 0.4) is 0 Å². The van der Waals surface area contributed by atoms with Crippen molar-refractivity contribution in [2.45, 2.75) is 5.16 Å². The summed E-state index contributed by atoms with van der Waals surface area (Å²) < 4.78 is 8.99. The third-order valence-corrected chi connectivity index (χ3v) is 5.85. The van der Waals surface area contributed by atoms with E-state index in [2.05, 4.69) is 10.2 Å². The quantitative estimate of drug-likeness (QED) is 0.303. The fourth-order valence-electron chi connectivity index (χ4n) is 3.12. The number of benzene rings is 2. The highest BCUT2D eigenvalue weighted by Gasteiger charge is 2.19. The molecule has 0 amide bonds. The van der Waals surface area contributed by atoms with Gasteiger partial charge in [0.2, 0.25) is 0 Å². The number of Topliss-reactive ketones (excluding diaryl/α,β-unsaturated/α-hetero) is 1. The predicted octanol–water partition coefficient (Wildman–Crippen LogP) is 4.91. The first-order valence-electron chi connectivity index (χ1n) is 9.20. The number of ether oxygens (including phenoxy) is 1. The molecule has 4 rings (SSSR count). The molecular weight excluding hydrogens is 420 g/mol. The monoisotopic (exact) mass is 438 g/mol. The molecule has 0 unspecified atom stereocenters. The van der Waals surface area contributed by atoms with E-state index in [1.165, 1.54) is 11.8 Å². The number of rotatable bonds is 7. The Balaban J connectivity index is 1.72. The Morgan fingerprint density at radius 2 is 1.90 bits per heavy atom. The van der Waals surface area contributed by atoms with Crippen molar-refractivity contribution in [1.82, 2.24) is 19.3 Å². The largest absolute Gasteiger partial charge is 0.495 e. The van der Waals surface area contributed by atoms with Crippen molar-refractivity contribution in [2.75, 3.05) is 12.9 Å². The normalized spacial score (nSPS) is 10.9. The minimum Gasteiger partial charge on any atom is -0.495 e. The lowest BCUT2D eigenvalue weighted by atomic mass is 10.2. The van der Waals surface area contributed by atoms with Gasteiger partial charge in [-0.3, -0.25) is 9.36 Å². The summed E-state index contributed by atoms with van der Waals surface area (Å²) >= 11 is 7.71. The molecule has 30 heavy (non-hydrogen) atoms. The van der Waals surface area contributed by atoms with Crippen LogP contribution >= 0.6 is 23.4 Å². The fourth-order valence-corrected chi connectivity index (χ4v) is 4.20. The lowest BCUT2D eigenvalue weighted by Crippen LogP contribution is -2.09. The Bertz CT molecular complexity index is 1190. The van der Waals surface area contributed by atoms with Gasteiger partial charge < -0.3 is 9.30 Å². The zero-order valence-corrected chi connectivity index (χ0v) is 18.0. The number of halogens is 1. The van der Waals surface area contributed by atoms with Crippen LogP contribution in [0.5, 0.6) is 5.75 Å². The molecule has 152 valence electrons. The van der Waals surface area contributed by atoms with Crippen LogP contribution in [0.25, 0.3) is 17.1 Å². The van der Waals surface area contributed by atoms with E-state index in [9.17, 15) is 4.79 Å². The molecule has 0 saturated carbocycles. The second-order valence-electron chi connectivity index (χ2n) is 6.54. The third kappa shape index (κ3) is 3.99. The van der Waals surface area contributed by atoms with Gasteiger partial charge in [0.15, 0.2) is 16.8 Å². The van der Waals surface area contributed by atoms with Crippen LogP contribution in [-0.4, -0.2) is 38.0 Å². The van der Waals surface area contributed by atoms with Gasteiger partial charge in [0.25, 0.3) is 0 Å². The standard InChI is InChI=1S/C22H19ClN4O2S/c1-26-12-6-9-18(26)19(28)14-30-22-25-24-21(15-7-4-3-5-8-15)27(22)16-10-11-20(29-2)17(23)13-16/h3-13H,14H2,1-2H3. The summed E-state index contributed by atoms with van der Waals surface area (Å²) in [6, 6.07) is 18.9. The van der Waals surface area contributed by atoms with Gasteiger partial charge in [-0.05, 0) is 30.3 Å². The zero-order valence-electron chi connectivity index (χ0n) is 16.4. The lowest BCUT2D eigenvalue weighted by molar-refractivity contribution is 0.101. The van der Waals surface area contributed by atoms with Gasteiger partial charge in [-0.1, -0.05) is 53.7 Å². The van der Waals surface area contributed by atoms with Crippen LogP contribution in [0.2, 0.25) is 5.02 Å². The maximum atomic E-state index is 12.6. The highest BCUT2D eigenvalue weighted by atomic mass is 35.5. The van der Waals surface area contributed by atoms with Crippen molar-refractivity contribution in [3.05, 3.63) is 77.6 Å². The number of carbonyl (C=O) groups is 1. The highest BCUT2D eigenvalue weighted by Crippen LogP contribution is 2.32. The average Bonchev–Trinajstić information content (AvgIpc) is 3.39. The van der Waals surface area contributed by atoms with Crippen molar-refractivity contribution in [3.63, 3.8) is 0 Å². The van der Waals surface area contributed by atoms with Gasteiger partial charge in [-0.2, -0.15) is 0 Å². The molecule has 0 bridgehead atoms. The number of thioether (sulfide) groups is 1. The summed E-state index contributed by atoms with van der Waals surface area (Å²) in [6.45, 7) is 0. The summed E-state index contributed by atoms with van der Waals surface area (Å²) in [4.78, 5) is 12.6. The van der Waals surface area contributed by atoms with Crippen molar-refractivity contribution >= 4 is 29.1 Å². The summed E-state index contributed by atoms with van der Waals surface area (Å²) in [5.41, 5.74) is 2.36. The fraction of sp³-hybridized carbons (Fsp3) is 0.136. The molecule has 0 aliphatic rings. The third-order valence-electron chi connectivity index (χ3n) is 4.62. The first-order valence-corrected chi connectivity index (χ1v) is 10.6. The number of hydrogen-bond acceptors (Lipinski definition) is 5. The van der Waals surface area contributed by atoms with E-state index >= 15 is 0 Å². The van der Waals surface area contributed by atoms with Crippen LogP contribution < -0.4 is 4.74 Å². The van der Waals surface area contributed by atoms with E-state index < -0.39 is 0 Å². The van der Waals surface area contributed by atoms with Crippen molar-refractivity contribution in [1.29, 1.82) is 0 Å². The van der Waals surface area contributed by atoms with E-state index in [1.807, 2.05) is 70.9 Å². The van der Waals surface area contributed by atoms with Crippen LogP contribution in [0.1, 0.15) is 10.5 Å². The zero-order chi connectivity index (χ0) is 21.1. The van der Waals surface area contributed by atoms with E-state index in [0.29, 0.717) is 27.4 Å². The molecular formula is C22H19ClN4O2S. The van der Waals surface area contributed by atoms with Gasteiger partial charge >= 0.3 is 0 Å². The predicted molar refractivity (Wildman–Crippen MR) is 119 cm³/mol. The molecule has 0 aliphatic carbocycles. The van der Waals surface area contributed by atoms with E-state index in [0.717, 1.165) is 11.3 Å². The molecule has 0 atom stereocenters. The summed E-state index contributed by atoms with van der Waals surface area (Å²) in [6.07, 6.45) is 1.85. The minimum absolute atomic E-state index is 0.0241. The maximum absolute atomic E-state index is 12.6. The molecule has 2 heterocycles. The molecule has 0 fully saturated rings. The Morgan fingerprint density at radius 3 is 2.57 bits per heavy atom. The number of ketones is 1. The molecule has 0 N–H and O–H groups in total. The van der Waals surface area contributed by atoms with E-state index in [4.69, 9.17) is 16.3 Å². The molecule has 0 spiro atoms. The minimum atomic E-state index is 0.0241. The van der Waals surface area contributed by atoms with Gasteiger partial charge in [0, 0.05) is 18.8 Å². The van der Waals surface area contributed by atoms with Gasteiger partial charge in [0.05, 0.1) is 29.3 Å². The summed E-state index contributed by atoms with van der Waals surface area (Å²) in [7, 11) is 3.43. The first kappa shape index (κ1) is 20.3. The van der Waals surface area contributed by atoms with Gasteiger partial charge in [-0.25, -0.2) is 0 Å². The number of aromatic nitrogens is 4. The van der Waals surface area contributed by atoms with Gasteiger partial charge in [-0.15, -0.1) is 10.2 Å². The molecule has 4 aromatic rings. The second kappa shape index (κ2) is 8.77. The van der Waals surface area contributed by atoms with Crippen molar-refractivity contribution in [3.8, 4) is 22.8 Å².